The maximum atomic E-state index is 10.6. The Morgan fingerprint density at radius 3 is 3.00 bits per heavy atom. The van der Waals surface area contributed by atoms with E-state index in [1.54, 1.807) is 0 Å². The Labute approximate surface area is 129 Å². The molecule has 22 heavy (non-hydrogen) atoms. The molecular weight excluding hydrogens is 280 g/mol. The second-order valence-electron chi connectivity index (χ2n) is 5.70. The van der Waals surface area contributed by atoms with E-state index in [-0.39, 0.29) is 0 Å². The van der Waals surface area contributed by atoms with Crippen molar-refractivity contribution in [2.45, 2.75) is 26.2 Å². The predicted molar refractivity (Wildman–Crippen MR) is 83.5 cm³/mol. The second kappa shape index (κ2) is 6.70. The SMILES string of the molecule is Cc1ccc(-c2noc(CC3CCNCC3)n2)cc1NC=O. The number of hydrogen-bond donors (Lipinski definition) is 2. The Hall–Kier alpha value is -2.21. The minimum atomic E-state index is 0.567. The molecule has 116 valence electrons. The Balaban J connectivity index is 1.75. The van der Waals surface area contributed by atoms with Crippen molar-refractivity contribution < 1.29 is 9.32 Å². The molecule has 0 saturated carbocycles. The Kier molecular flexibility index (Phi) is 4.48. The lowest BCUT2D eigenvalue weighted by Gasteiger charge is -2.20. The predicted octanol–water partition coefficient (Wildman–Crippen LogP) is 2.16. The number of nitrogens with one attached hydrogen (secondary N) is 2. The molecule has 1 aromatic carbocycles. The van der Waals surface area contributed by atoms with Gasteiger partial charge in [-0.1, -0.05) is 17.3 Å². The van der Waals surface area contributed by atoms with Gasteiger partial charge >= 0.3 is 0 Å². The third-order valence-corrected chi connectivity index (χ3v) is 4.10. The van der Waals surface area contributed by atoms with Crippen LogP contribution in [-0.2, 0) is 11.2 Å². The van der Waals surface area contributed by atoms with E-state index in [0.717, 1.165) is 49.2 Å². The van der Waals surface area contributed by atoms with Gasteiger partial charge in [0.2, 0.25) is 18.1 Å². The maximum Gasteiger partial charge on any atom is 0.227 e. The van der Waals surface area contributed by atoms with Crippen molar-refractivity contribution in [2.24, 2.45) is 5.92 Å². The number of rotatable bonds is 5. The van der Waals surface area contributed by atoms with Crippen LogP contribution in [0.15, 0.2) is 22.7 Å². The first-order chi connectivity index (χ1) is 10.8. The van der Waals surface area contributed by atoms with Gasteiger partial charge in [-0.2, -0.15) is 4.98 Å². The molecule has 6 nitrogen and oxygen atoms in total. The zero-order valence-electron chi connectivity index (χ0n) is 12.6. The van der Waals surface area contributed by atoms with Crippen LogP contribution in [0.1, 0.15) is 24.3 Å². The van der Waals surface area contributed by atoms with E-state index in [4.69, 9.17) is 4.52 Å². The highest BCUT2D eigenvalue weighted by atomic mass is 16.5. The summed E-state index contributed by atoms with van der Waals surface area (Å²) in [4.78, 5) is 15.1. The molecule has 0 atom stereocenters. The molecule has 0 spiro atoms. The fraction of sp³-hybridized carbons (Fsp3) is 0.438. The van der Waals surface area contributed by atoms with Crippen LogP contribution in [0.25, 0.3) is 11.4 Å². The van der Waals surface area contributed by atoms with E-state index in [0.29, 0.717) is 24.0 Å². The van der Waals surface area contributed by atoms with Crippen molar-refractivity contribution in [1.82, 2.24) is 15.5 Å². The molecule has 2 N–H and O–H groups in total. The van der Waals surface area contributed by atoms with E-state index in [1.807, 2.05) is 25.1 Å². The van der Waals surface area contributed by atoms with Gasteiger partial charge in [-0.25, -0.2) is 0 Å². The molecule has 1 amide bonds. The number of piperidine rings is 1. The summed E-state index contributed by atoms with van der Waals surface area (Å²) in [7, 11) is 0. The molecule has 1 aliphatic rings. The summed E-state index contributed by atoms with van der Waals surface area (Å²) >= 11 is 0. The van der Waals surface area contributed by atoms with E-state index >= 15 is 0 Å². The molecular formula is C16H20N4O2. The van der Waals surface area contributed by atoms with Gasteiger partial charge in [0.05, 0.1) is 0 Å². The van der Waals surface area contributed by atoms with Crippen LogP contribution in [0.2, 0.25) is 0 Å². The van der Waals surface area contributed by atoms with Crippen LogP contribution < -0.4 is 10.6 Å². The third kappa shape index (κ3) is 3.33. The molecule has 1 aliphatic heterocycles. The van der Waals surface area contributed by atoms with Crippen LogP contribution in [0, 0.1) is 12.8 Å². The summed E-state index contributed by atoms with van der Waals surface area (Å²) in [5.41, 5.74) is 2.60. The van der Waals surface area contributed by atoms with E-state index in [1.165, 1.54) is 0 Å². The lowest BCUT2D eigenvalue weighted by molar-refractivity contribution is -0.105. The molecule has 1 aromatic heterocycles. The minimum absolute atomic E-state index is 0.567. The van der Waals surface area contributed by atoms with Gasteiger partial charge in [0.1, 0.15) is 0 Å². The van der Waals surface area contributed by atoms with Crippen molar-refractivity contribution in [2.75, 3.05) is 18.4 Å². The number of hydrogen-bond acceptors (Lipinski definition) is 5. The maximum absolute atomic E-state index is 10.6. The summed E-state index contributed by atoms with van der Waals surface area (Å²) in [5, 5.41) is 10.1. The van der Waals surface area contributed by atoms with Gasteiger partial charge in [0.25, 0.3) is 0 Å². The smallest absolute Gasteiger partial charge is 0.227 e. The number of carbonyl (C=O) groups is 1. The first-order valence-corrected chi connectivity index (χ1v) is 7.61. The van der Waals surface area contributed by atoms with Crippen LogP contribution in [0.5, 0.6) is 0 Å². The van der Waals surface area contributed by atoms with Gasteiger partial charge in [0, 0.05) is 17.7 Å². The number of amides is 1. The first kappa shape index (κ1) is 14.7. The number of carbonyl (C=O) groups excluding carboxylic acids is 1. The number of aryl methyl sites for hydroxylation is 1. The molecule has 0 aliphatic carbocycles. The summed E-state index contributed by atoms with van der Waals surface area (Å²) in [6, 6.07) is 5.73. The highest BCUT2D eigenvalue weighted by Gasteiger charge is 2.18. The molecule has 0 bridgehead atoms. The van der Waals surface area contributed by atoms with Crippen molar-refractivity contribution in [3.05, 3.63) is 29.7 Å². The number of nitrogens with zero attached hydrogens (tertiary/aromatic N) is 2. The zero-order chi connectivity index (χ0) is 15.4. The fourth-order valence-corrected chi connectivity index (χ4v) is 2.77. The van der Waals surface area contributed by atoms with E-state index in [9.17, 15) is 4.79 Å². The standard InChI is InChI=1S/C16H20N4O2/c1-11-2-3-13(9-14(11)18-10-21)16-19-15(22-20-16)8-12-4-6-17-7-5-12/h2-3,9-10,12,17H,4-8H2,1H3,(H,18,21). The topological polar surface area (TPSA) is 80.1 Å². The molecule has 3 rings (SSSR count). The van der Waals surface area contributed by atoms with Crippen molar-refractivity contribution >= 4 is 12.1 Å². The summed E-state index contributed by atoms with van der Waals surface area (Å²) in [5.74, 6) is 1.87. The molecule has 1 fully saturated rings. The minimum Gasteiger partial charge on any atom is -0.339 e. The summed E-state index contributed by atoms with van der Waals surface area (Å²) < 4.78 is 5.38. The average Bonchev–Trinajstić information content (AvgIpc) is 2.99. The monoisotopic (exact) mass is 300 g/mol. The van der Waals surface area contributed by atoms with Crippen molar-refractivity contribution in [3.8, 4) is 11.4 Å². The van der Waals surface area contributed by atoms with Crippen molar-refractivity contribution in [1.29, 1.82) is 0 Å². The Morgan fingerprint density at radius 1 is 1.41 bits per heavy atom. The number of benzene rings is 1. The van der Waals surface area contributed by atoms with Crippen LogP contribution in [-0.4, -0.2) is 29.6 Å². The zero-order valence-corrected chi connectivity index (χ0v) is 12.6. The summed E-state index contributed by atoms with van der Waals surface area (Å²) in [6.45, 7) is 4.06. The number of anilines is 1. The van der Waals surface area contributed by atoms with Gasteiger partial charge < -0.3 is 15.2 Å². The third-order valence-electron chi connectivity index (χ3n) is 4.10. The van der Waals surface area contributed by atoms with Crippen LogP contribution >= 0.6 is 0 Å². The molecule has 0 unspecified atom stereocenters. The fourth-order valence-electron chi connectivity index (χ4n) is 2.77. The Morgan fingerprint density at radius 2 is 2.23 bits per heavy atom. The lowest BCUT2D eigenvalue weighted by atomic mass is 9.95. The largest absolute Gasteiger partial charge is 0.339 e. The highest BCUT2D eigenvalue weighted by molar-refractivity contribution is 5.76. The number of aromatic nitrogens is 2. The molecule has 0 radical (unpaired) electrons. The van der Waals surface area contributed by atoms with E-state index in [2.05, 4.69) is 20.8 Å². The van der Waals surface area contributed by atoms with Gasteiger partial charge in [-0.05, 0) is 50.4 Å². The van der Waals surface area contributed by atoms with Crippen molar-refractivity contribution in [3.63, 3.8) is 0 Å². The normalized spacial score (nSPS) is 15.7. The van der Waals surface area contributed by atoms with E-state index < -0.39 is 0 Å². The quantitative estimate of drug-likeness (QED) is 0.827. The van der Waals surface area contributed by atoms with Gasteiger partial charge in [-0.3, -0.25) is 4.79 Å². The van der Waals surface area contributed by atoms with Gasteiger partial charge in [0.15, 0.2) is 0 Å². The summed E-state index contributed by atoms with van der Waals surface area (Å²) in [6.07, 6.45) is 3.80. The van der Waals surface area contributed by atoms with Gasteiger partial charge in [-0.15, -0.1) is 0 Å². The molecule has 2 aromatic rings. The molecule has 1 saturated heterocycles. The average molecular weight is 300 g/mol. The highest BCUT2D eigenvalue weighted by Crippen LogP contribution is 2.24. The molecule has 2 heterocycles. The van der Waals surface area contributed by atoms with Crippen LogP contribution in [0.3, 0.4) is 0 Å². The Bertz CT molecular complexity index is 647. The lowest BCUT2D eigenvalue weighted by Crippen LogP contribution is -2.28. The first-order valence-electron chi connectivity index (χ1n) is 7.61. The second-order valence-corrected chi connectivity index (χ2v) is 5.70. The molecule has 6 heteroatoms. The van der Waals surface area contributed by atoms with Crippen LogP contribution in [0.4, 0.5) is 5.69 Å².